The summed E-state index contributed by atoms with van der Waals surface area (Å²) in [7, 11) is 0. The molecule has 0 spiro atoms. The van der Waals surface area contributed by atoms with Crippen molar-refractivity contribution in [1.82, 2.24) is 5.32 Å². The van der Waals surface area contributed by atoms with Gasteiger partial charge in [-0.1, -0.05) is 6.92 Å². The molecule has 2 N–H and O–H groups in total. The normalized spacial score (nSPS) is 13.2. The van der Waals surface area contributed by atoms with E-state index < -0.39 is 0 Å². The molecule has 0 aliphatic rings. The van der Waals surface area contributed by atoms with Crippen molar-refractivity contribution in [3.63, 3.8) is 0 Å². The Morgan fingerprint density at radius 2 is 2.17 bits per heavy atom. The maximum absolute atomic E-state index is 9.19. The predicted octanol–water partition coefficient (Wildman–Crippen LogP) is 1.49. The average Bonchev–Trinajstić information content (AvgIpc) is 2.10. The first-order valence-electron chi connectivity index (χ1n) is 4.69. The smallest absolute Gasteiger partial charge is 0.0662 e. The topological polar surface area (TPSA) is 32.3 Å². The highest BCUT2D eigenvalue weighted by atomic mass is 32.2. The third kappa shape index (κ3) is 8.37. The molecule has 1 unspecified atom stereocenters. The maximum atomic E-state index is 9.19. The molecule has 3 heteroatoms. The van der Waals surface area contributed by atoms with Crippen molar-refractivity contribution in [1.29, 1.82) is 0 Å². The molecule has 0 aromatic carbocycles. The van der Waals surface area contributed by atoms with Crippen molar-refractivity contribution in [3.05, 3.63) is 0 Å². The number of thioether (sulfide) groups is 1. The molecule has 0 saturated carbocycles. The van der Waals surface area contributed by atoms with E-state index in [1.54, 1.807) is 0 Å². The van der Waals surface area contributed by atoms with E-state index in [1.807, 2.05) is 18.7 Å². The van der Waals surface area contributed by atoms with E-state index in [4.69, 9.17) is 0 Å². The van der Waals surface area contributed by atoms with Crippen molar-refractivity contribution < 1.29 is 5.11 Å². The van der Waals surface area contributed by atoms with Crippen LogP contribution in [0.2, 0.25) is 0 Å². The van der Waals surface area contributed by atoms with Gasteiger partial charge in [-0.15, -0.1) is 0 Å². The van der Waals surface area contributed by atoms with Crippen LogP contribution in [0.25, 0.3) is 0 Å². The fraction of sp³-hybridized carbons (Fsp3) is 1.00. The van der Waals surface area contributed by atoms with Gasteiger partial charge in [0, 0.05) is 6.54 Å². The van der Waals surface area contributed by atoms with E-state index in [2.05, 4.69) is 11.6 Å². The minimum absolute atomic E-state index is 0.162. The fourth-order valence-corrected chi connectivity index (χ4v) is 1.40. The molecule has 2 nitrogen and oxygen atoms in total. The summed E-state index contributed by atoms with van der Waals surface area (Å²) >= 11 is 1.89. The van der Waals surface area contributed by atoms with Gasteiger partial charge in [0.2, 0.25) is 0 Å². The second-order valence-electron chi connectivity index (χ2n) is 2.97. The molecule has 0 aliphatic carbocycles. The van der Waals surface area contributed by atoms with Crippen LogP contribution in [-0.4, -0.2) is 36.3 Å². The first-order chi connectivity index (χ1) is 5.81. The van der Waals surface area contributed by atoms with E-state index in [0.29, 0.717) is 0 Å². The van der Waals surface area contributed by atoms with Gasteiger partial charge in [0.25, 0.3) is 0 Å². The number of hydrogen-bond donors (Lipinski definition) is 2. The molecule has 0 fully saturated rings. The van der Waals surface area contributed by atoms with E-state index >= 15 is 0 Å². The van der Waals surface area contributed by atoms with Crippen LogP contribution in [0.1, 0.15) is 26.2 Å². The number of nitrogens with one attached hydrogen (secondary N) is 1. The maximum Gasteiger partial charge on any atom is 0.0662 e. The molecule has 74 valence electrons. The summed E-state index contributed by atoms with van der Waals surface area (Å²) in [5.74, 6) is 1.25. The zero-order valence-electron chi connectivity index (χ0n) is 8.18. The lowest BCUT2D eigenvalue weighted by atomic mass is 10.2. The summed E-state index contributed by atoms with van der Waals surface area (Å²) in [5.41, 5.74) is 0. The zero-order chi connectivity index (χ0) is 9.23. The molecule has 0 saturated heterocycles. The van der Waals surface area contributed by atoms with Crippen LogP contribution in [0.4, 0.5) is 0 Å². The van der Waals surface area contributed by atoms with Gasteiger partial charge in [-0.25, -0.2) is 0 Å². The highest BCUT2D eigenvalue weighted by molar-refractivity contribution is 7.98. The Bertz CT molecular complexity index is 90.6. The standard InChI is InChI=1S/C9H21NOS/c1-3-9(11)8-10-6-4-5-7-12-2/h9-11H,3-8H2,1-2H3. The minimum atomic E-state index is -0.162. The molecular formula is C9H21NOS. The summed E-state index contributed by atoms with van der Waals surface area (Å²) in [5, 5.41) is 12.4. The minimum Gasteiger partial charge on any atom is -0.392 e. The number of rotatable bonds is 8. The number of aliphatic hydroxyl groups excluding tert-OH is 1. The summed E-state index contributed by atoms with van der Waals surface area (Å²) < 4.78 is 0. The summed E-state index contributed by atoms with van der Waals surface area (Å²) in [4.78, 5) is 0. The summed E-state index contributed by atoms with van der Waals surface area (Å²) in [6.45, 7) is 3.79. The van der Waals surface area contributed by atoms with Crippen LogP contribution >= 0.6 is 11.8 Å². The third-order valence-electron chi connectivity index (χ3n) is 1.80. The monoisotopic (exact) mass is 191 g/mol. The first kappa shape index (κ1) is 12.3. The molecule has 0 heterocycles. The SMILES string of the molecule is CCC(O)CNCCCCSC. The zero-order valence-corrected chi connectivity index (χ0v) is 8.99. The molecule has 0 aromatic heterocycles. The highest BCUT2D eigenvalue weighted by Crippen LogP contribution is 1.97. The van der Waals surface area contributed by atoms with Gasteiger partial charge >= 0.3 is 0 Å². The van der Waals surface area contributed by atoms with Gasteiger partial charge in [0.05, 0.1) is 6.10 Å². The molecule has 12 heavy (non-hydrogen) atoms. The van der Waals surface area contributed by atoms with Crippen molar-refractivity contribution >= 4 is 11.8 Å². The van der Waals surface area contributed by atoms with Crippen LogP contribution < -0.4 is 5.32 Å². The second-order valence-corrected chi connectivity index (χ2v) is 3.95. The first-order valence-corrected chi connectivity index (χ1v) is 6.08. The van der Waals surface area contributed by atoms with Gasteiger partial charge < -0.3 is 10.4 Å². The molecule has 0 amide bonds. The molecule has 1 atom stereocenters. The molecule has 0 aliphatic heterocycles. The molecule has 0 radical (unpaired) electrons. The average molecular weight is 191 g/mol. The Balaban J connectivity index is 2.90. The van der Waals surface area contributed by atoms with Crippen LogP contribution in [0.5, 0.6) is 0 Å². The van der Waals surface area contributed by atoms with Gasteiger partial charge in [-0.2, -0.15) is 11.8 Å². The Labute approximate surface area is 80.1 Å². The van der Waals surface area contributed by atoms with E-state index in [9.17, 15) is 5.11 Å². The van der Waals surface area contributed by atoms with Gasteiger partial charge in [-0.3, -0.25) is 0 Å². The lowest BCUT2D eigenvalue weighted by Crippen LogP contribution is -2.26. The number of unbranched alkanes of at least 4 members (excludes halogenated alkanes) is 1. The Hall–Kier alpha value is 0.270. The summed E-state index contributed by atoms with van der Waals surface area (Å²) in [6, 6.07) is 0. The number of aliphatic hydroxyl groups is 1. The third-order valence-corrected chi connectivity index (χ3v) is 2.50. The largest absolute Gasteiger partial charge is 0.392 e. The van der Waals surface area contributed by atoms with E-state index in [1.165, 1.54) is 18.6 Å². The number of hydrogen-bond acceptors (Lipinski definition) is 3. The van der Waals surface area contributed by atoms with Crippen LogP contribution in [0.3, 0.4) is 0 Å². The summed E-state index contributed by atoms with van der Waals surface area (Å²) in [6.07, 6.45) is 5.31. The lowest BCUT2D eigenvalue weighted by Gasteiger charge is -2.08. The highest BCUT2D eigenvalue weighted by Gasteiger charge is 1.97. The van der Waals surface area contributed by atoms with E-state index in [0.717, 1.165) is 19.5 Å². The van der Waals surface area contributed by atoms with Crippen LogP contribution in [-0.2, 0) is 0 Å². The Morgan fingerprint density at radius 3 is 2.75 bits per heavy atom. The van der Waals surface area contributed by atoms with Crippen LogP contribution in [0, 0.1) is 0 Å². The van der Waals surface area contributed by atoms with Crippen molar-refractivity contribution in [2.45, 2.75) is 32.3 Å². The van der Waals surface area contributed by atoms with Gasteiger partial charge in [0.15, 0.2) is 0 Å². The molecule has 0 aromatic rings. The van der Waals surface area contributed by atoms with E-state index in [-0.39, 0.29) is 6.10 Å². The second kappa shape index (κ2) is 9.36. The van der Waals surface area contributed by atoms with Gasteiger partial charge in [0.1, 0.15) is 0 Å². The fourth-order valence-electron chi connectivity index (χ4n) is 0.909. The Kier molecular flexibility index (Phi) is 9.57. The van der Waals surface area contributed by atoms with Crippen molar-refractivity contribution in [2.24, 2.45) is 0 Å². The quantitative estimate of drug-likeness (QED) is 0.570. The van der Waals surface area contributed by atoms with Crippen molar-refractivity contribution in [2.75, 3.05) is 25.1 Å². The van der Waals surface area contributed by atoms with Crippen molar-refractivity contribution in [3.8, 4) is 0 Å². The molecule has 0 rings (SSSR count). The molecular weight excluding hydrogens is 170 g/mol. The molecule has 0 bridgehead atoms. The Morgan fingerprint density at radius 1 is 1.42 bits per heavy atom. The lowest BCUT2D eigenvalue weighted by molar-refractivity contribution is 0.167. The van der Waals surface area contributed by atoms with Gasteiger partial charge in [-0.05, 0) is 37.8 Å². The van der Waals surface area contributed by atoms with Crippen LogP contribution in [0.15, 0.2) is 0 Å². The predicted molar refractivity (Wildman–Crippen MR) is 56.8 cm³/mol.